The monoisotopic (exact) mass is 264 g/mol. The first kappa shape index (κ1) is 13.9. The van der Waals surface area contributed by atoms with E-state index in [0.29, 0.717) is 12.6 Å². The summed E-state index contributed by atoms with van der Waals surface area (Å²) >= 11 is 2.09. The number of benzene rings is 1. The summed E-state index contributed by atoms with van der Waals surface area (Å²) in [7, 11) is 0. The fraction of sp³-hybridized carbons (Fsp3) is 0.600. The lowest BCUT2D eigenvalue weighted by Gasteiger charge is -2.37. The second kappa shape index (κ2) is 6.09. The fourth-order valence-corrected chi connectivity index (χ4v) is 3.66. The zero-order valence-electron chi connectivity index (χ0n) is 11.6. The molecule has 1 aromatic carbocycles. The molecule has 0 aromatic heterocycles. The summed E-state index contributed by atoms with van der Waals surface area (Å²) in [4.78, 5) is 2.60. The highest BCUT2D eigenvalue weighted by Crippen LogP contribution is 2.26. The highest BCUT2D eigenvalue weighted by Gasteiger charge is 2.25. The molecule has 2 rings (SSSR count). The Bertz CT molecular complexity index is 405. The van der Waals surface area contributed by atoms with Crippen LogP contribution in [0.25, 0.3) is 0 Å². The highest BCUT2D eigenvalue weighted by molar-refractivity contribution is 8.00. The van der Waals surface area contributed by atoms with Crippen molar-refractivity contribution in [3.63, 3.8) is 0 Å². The molecule has 0 saturated carbocycles. The molecule has 2 nitrogen and oxygen atoms in total. The van der Waals surface area contributed by atoms with Gasteiger partial charge < -0.3 is 5.73 Å². The van der Waals surface area contributed by atoms with E-state index in [1.807, 2.05) is 0 Å². The SMILES string of the molecule is Cc1cc(CN)ccc1CN1CCSC(C)C1C. The molecule has 2 unspecified atom stereocenters. The van der Waals surface area contributed by atoms with Crippen molar-refractivity contribution in [1.82, 2.24) is 4.90 Å². The molecule has 0 radical (unpaired) electrons. The van der Waals surface area contributed by atoms with Crippen molar-refractivity contribution in [2.75, 3.05) is 12.3 Å². The molecule has 0 bridgehead atoms. The zero-order chi connectivity index (χ0) is 13.1. The summed E-state index contributed by atoms with van der Waals surface area (Å²) in [6, 6.07) is 7.30. The van der Waals surface area contributed by atoms with Crippen molar-refractivity contribution in [2.24, 2.45) is 5.73 Å². The Hall–Kier alpha value is -0.510. The lowest BCUT2D eigenvalue weighted by molar-refractivity contribution is 0.204. The van der Waals surface area contributed by atoms with Gasteiger partial charge in [-0.15, -0.1) is 0 Å². The molecule has 1 fully saturated rings. The van der Waals surface area contributed by atoms with E-state index < -0.39 is 0 Å². The fourth-order valence-electron chi connectivity index (χ4n) is 2.50. The zero-order valence-corrected chi connectivity index (χ0v) is 12.5. The van der Waals surface area contributed by atoms with E-state index in [4.69, 9.17) is 5.73 Å². The number of hydrogen-bond acceptors (Lipinski definition) is 3. The van der Waals surface area contributed by atoms with E-state index in [1.54, 1.807) is 0 Å². The quantitative estimate of drug-likeness (QED) is 0.910. The largest absolute Gasteiger partial charge is 0.326 e. The van der Waals surface area contributed by atoms with Gasteiger partial charge in [0.2, 0.25) is 0 Å². The second-order valence-corrected chi connectivity index (χ2v) is 6.74. The van der Waals surface area contributed by atoms with Gasteiger partial charge in [0.05, 0.1) is 0 Å². The second-order valence-electron chi connectivity index (χ2n) is 5.25. The van der Waals surface area contributed by atoms with Crippen molar-refractivity contribution < 1.29 is 0 Å². The number of thioether (sulfide) groups is 1. The predicted molar refractivity (Wildman–Crippen MR) is 80.9 cm³/mol. The molecule has 1 saturated heterocycles. The third-order valence-corrected chi connectivity index (χ3v) is 5.37. The van der Waals surface area contributed by atoms with Gasteiger partial charge in [-0.3, -0.25) is 4.90 Å². The topological polar surface area (TPSA) is 29.3 Å². The van der Waals surface area contributed by atoms with Gasteiger partial charge in [-0.25, -0.2) is 0 Å². The molecule has 1 aliphatic rings. The van der Waals surface area contributed by atoms with Gasteiger partial charge in [0.1, 0.15) is 0 Å². The van der Waals surface area contributed by atoms with Gasteiger partial charge >= 0.3 is 0 Å². The Morgan fingerprint density at radius 1 is 1.39 bits per heavy atom. The Kier molecular flexibility index (Phi) is 4.71. The Morgan fingerprint density at radius 2 is 2.17 bits per heavy atom. The summed E-state index contributed by atoms with van der Waals surface area (Å²) < 4.78 is 0. The summed E-state index contributed by atoms with van der Waals surface area (Å²) in [6.07, 6.45) is 0. The van der Waals surface area contributed by atoms with E-state index in [9.17, 15) is 0 Å². The summed E-state index contributed by atoms with van der Waals surface area (Å²) in [5, 5.41) is 0.738. The summed E-state index contributed by atoms with van der Waals surface area (Å²) in [5.41, 5.74) is 9.72. The molecule has 1 aliphatic heterocycles. The van der Waals surface area contributed by atoms with E-state index in [2.05, 4.69) is 55.6 Å². The Balaban J connectivity index is 2.09. The average molecular weight is 264 g/mol. The van der Waals surface area contributed by atoms with E-state index in [-0.39, 0.29) is 0 Å². The maximum atomic E-state index is 5.68. The smallest absolute Gasteiger partial charge is 0.0239 e. The lowest BCUT2D eigenvalue weighted by Crippen LogP contribution is -2.44. The van der Waals surface area contributed by atoms with Gasteiger partial charge in [-0.2, -0.15) is 11.8 Å². The third kappa shape index (κ3) is 3.08. The molecule has 1 aromatic rings. The average Bonchev–Trinajstić information content (AvgIpc) is 2.37. The first-order valence-corrected chi connectivity index (χ1v) is 7.81. The van der Waals surface area contributed by atoms with Crippen molar-refractivity contribution >= 4 is 11.8 Å². The van der Waals surface area contributed by atoms with Gasteiger partial charge in [-0.1, -0.05) is 25.1 Å². The minimum Gasteiger partial charge on any atom is -0.326 e. The maximum Gasteiger partial charge on any atom is 0.0239 e. The van der Waals surface area contributed by atoms with E-state index in [0.717, 1.165) is 11.8 Å². The van der Waals surface area contributed by atoms with Gasteiger partial charge in [0.15, 0.2) is 0 Å². The van der Waals surface area contributed by atoms with Crippen LogP contribution in [0.1, 0.15) is 30.5 Å². The molecule has 0 spiro atoms. The van der Waals surface area contributed by atoms with Crippen LogP contribution in [0.3, 0.4) is 0 Å². The van der Waals surface area contributed by atoms with Crippen molar-refractivity contribution in [2.45, 2.75) is 45.2 Å². The number of hydrogen-bond donors (Lipinski definition) is 1. The number of rotatable bonds is 3. The lowest BCUT2D eigenvalue weighted by atomic mass is 10.0. The van der Waals surface area contributed by atoms with Crippen LogP contribution >= 0.6 is 11.8 Å². The van der Waals surface area contributed by atoms with E-state index >= 15 is 0 Å². The van der Waals surface area contributed by atoms with Gasteiger partial charge in [-0.05, 0) is 30.5 Å². The van der Waals surface area contributed by atoms with Crippen LogP contribution in [0.4, 0.5) is 0 Å². The molecule has 0 amide bonds. The third-order valence-electron chi connectivity index (χ3n) is 4.03. The Labute approximate surface area is 115 Å². The maximum absolute atomic E-state index is 5.68. The number of nitrogens with zero attached hydrogens (tertiary/aromatic N) is 1. The number of nitrogens with two attached hydrogens (primary N) is 1. The molecule has 2 atom stereocenters. The van der Waals surface area contributed by atoms with Crippen LogP contribution in [-0.2, 0) is 13.1 Å². The molecule has 1 heterocycles. The van der Waals surface area contributed by atoms with Crippen molar-refractivity contribution in [3.8, 4) is 0 Å². The molecule has 18 heavy (non-hydrogen) atoms. The highest BCUT2D eigenvalue weighted by atomic mass is 32.2. The molecule has 100 valence electrons. The normalized spacial score (nSPS) is 25.3. The molecule has 2 N–H and O–H groups in total. The molecular weight excluding hydrogens is 240 g/mol. The minimum atomic E-state index is 0.634. The predicted octanol–water partition coefficient (Wildman–Crippen LogP) is 2.78. The summed E-state index contributed by atoms with van der Waals surface area (Å²) in [6.45, 7) is 9.79. The van der Waals surface area contributed by atoms with Crippen LogP contribution in [0.2, 0.25) is 0 Å². The van der Waals surface area contributed by atoms with Crippen molar-refractivity contribution in [3.05, 3.63) is 34.9 Å². The molecular formula is C15H24N2S. The standard InChI is InChI=1S/C15H24N2S/c1-11-8-14(9-16)4-5-15(11)10-17-6-7-18-13(3)12(17)2/h4-5,8,12-13H,6-7,9-10,16H2,1-3H3. The van der Waals surface area contributed by atoms with E-state index in [1.165, 1.54) is 29.0 Å². The van der Waals surface area contributed by atoms with Crippen LogP contribution in [0.5, 0.6) is 0 Å². The first-order valence-electron chi connectivity index (χ1n) is 6.76. The molecule has 3 heteroatoms. The summed E-state index contributed by atoms with van der Waals surface area (Å²) in [5.74, 6) is 1.26. The van der Waals surface area contributed by atoms with Gasteiger partial charge in [0.25, 0.3) is 0 Å². The first-order chi connectivity index (χ1) is 8.61. The van der Waals surface area contributed by atoms with Gasteiger partial charge in [0, 0.05) is 36.7 Å². The number of aryl methyl sites for hydroxylation is 1. The Morgan fingerprint density at radius 3 is 2.83 bits per heavy atom. The van der Waals surface area contributed by atoms with Crippen LogP contribution in [0, 0.1) is 6.92 Å². The van der Waals surface area contributed by atoms with Crippen LogP contribution in [-0.4, -0.2) is 28.5 Å². The minimum absolute atomic E-state index is 0.634. The van der Waals surface area contributed by atoms with Crippen molar-refractivity contribution in [1.29, 1.82) is 0 Å². The molecule has 0 aliphatic carbocycles. The van der Waals surface area contributed by atoms with Crippen LogP contribution in [0.15, 0.2) is 18.2 Å². The van der Waals surface area contributed by atoms with Crippen LogP contribution < -0.4 is 5.73 Å².